The minimum atomic E-state index is 0. The number of hydrogen-bond acceptors (Lipinski definition) is 5. The van der Waals surface area contributed by atoms with Gasteiger partial charge in [0.2, 0.25) is 11.7 Å². The number of aromatic nitrogens is 2. The van der Waals surface area contributed by atoms with E-state index in [1.807, 2.05) is 11.4 Å². The summed E-state index contributed by atoms with van der Waals surface area (Å²) in [7, 11) is 0. The Morgan fingerprint density at radius 2 is 2.41 bits per heavy atom. The first kappa shape index (κ1) is 13.0. The van der Waals surface area contributed by atoms with Crippen molar-refractivity contribution >= 4 is 39.7 Å². The molecule has 2 aromatic heterocycles. The fraction of sp³-hybridized carbons (Fsp3) is 0.400. The lowest BCUT2D eigenvalue weighted by Crippen LogP contribution is -2.12. The average molecular weight is 337 g/mol. The summed E-state index contributed by atoms with van der Waals surface area (Å²) in [6.45, 7) is 1.03. The molecule has 2 aromatic rings. The molecule has 7 heteroatoms. The first-order valence-corrected chi connectivity index (χ1v) is 6.81. The second kappa shape index (κ2) is 5.48. The van der Waals surface area contributed by atoms with Crippen LogP contribution in [0.1, 0.15) is 24.8 Å². The van der Waals surface area contributed by atoms with Crippen LogP contribution in [-0.2, 0) is 0 Å². The fourth-order valence-electron chi connectivity index (χ4n) is 1.80. The number of halogens is 2. The second-order valence-electron chi connectivity index (χ2n) is 3.73. The van der Waals surface area contributed by atoms with E-state index in [0.717, 1.165) is 22.3 Å². The van der Waals surface area contributed by atoms with Gasteiger partial charge in [0.05, 0.1) is 10.9 Å². The number of thiophene rings is 1. The van der Waals surface area contributed by atoms with Crippen LogP contribution in [0, 0.1) is 0 Å². The Morgan fingerprint density at radius 1 is 1.53 bits per heavy atom. The van der Waals surface area contributed by atoms with Crippen LogP contribution >= 0.6 is 39.7 Å². The Bertz CT molecular complexity index is 495. The molecule has 3 rings (SSSR count). The van der Waals surface area contributed by atoms with Crippen molar-refractivity contribution in [2.24, 2.45) is 0 Å². The van der Waals surface area contributed by atoms with E-state index >= 15 is 0 Å². The molecule has 1 saturated heterocycles. The molecule has 0 amide bonds. The van der Waals surface area contributed by atoms with Gasteiger partial charge in [-0.2, -0.15) is 4.98 Å². The minimum Gasteiger partial charge on any atom is -0.337 e. The molecule has 0 aliphatic carbocycles. The number of nitrogens with zero attached hydrogens (tertiary/aromatic N) is 2. The maximum atomic E-state index is 5.28. The molecule has 3 heterocycles. The molecule has 1 aliphatic heterocycles. The Hall–Kier alpha value is -0.430. The van der Waals surface area contributed by atoms with E-state index in [1.165, 1.54) is 6.42 Å². The van der Waals surface area contributed by atoms with Gasteiger partial charge in [-0.1, -0.05) is 5.16 Å². The lowest BCUT2D eigenvalue weighted by molar-refractivity contribution is 0.345. The highest BCUT2D eigenvalue weighted by molar-refractivity contribution is 9.10. The largest absolute Gasteiger partial charge is 0.337 e. The van der Waals surface area contributed by atoms with E-state index in [0.29, 0.717) is 11.7 Å². The number of nitrogens with one attached hydrogen (secondary N) is 1. The lowest BCUT2D eigenvalue weighted by Gasteiger charge is -2.01. The Kier molecular flexibility index (Phi) is 4.19. The predicted molar refractivity (Wildman–Crippen MR) is 72.5 cm³/mol. The molecule has 4 nitrogen and oxygen atoms in total. The fourth-order valence-corrected chi connectivity index (χ4v) is 3.15. The number of rotatable bonds is 2. The minimum absolute atomic E-state index is 0. The molecular weight excluding hydrogens is 326 g/mol. The molecule has 1 fully saturated rings. The molecule has 0 spiro atoms. The SMILES string of the molecule is Brc1csc(-c2noc([C@@H]3CCCN3)n2)c1.Cl. The van der Waals surface area contributed by atoms with Gasteiger partial charge in [-0.05, 0) is 41.4 Å². The molecule has 0 radical (unpaired) electrons. The van der Waals surface area contributed by atoms with Crippen LogP contribution in [0.25, 0.3) is 10.7 Å². The van der Waals surface area contributed by atoms with E-state index in [1.54, 1.807) is 11.3 Å². The third-order valence-corrected chi connectivity index (χ3v) is 4.28. The van der Waals surface area contributed by atoms with Gasteiger partial charge in [-0.15, -0.1) is 23.7 Å². The third kappa shape index (κ3) is 2.70. The quantitative estimate of drug-likeness (QED) is 0.913. The van der Waals surface area contributed by atoms with Crippen molar-refractivity contribution in [3.63, 3.8) is 0 Å². The summed E-state index contributed by atoms with van der Waals surface area (Å²) in [5.41, 5.74) is 0. The van der Waals surface area contributed by atoms with Crippen molar-refractivity contribution in [1.82, 2.24) is 15.5 Å². The maximum Gasteiger partial charge on any atom is 0.244 e. The molecule has 92 valence electrons. The normalized spacial score (nSPS) is 19.2. The predicted octanol–water partition coefficient (Wildman–Crippen LogP) is 3.41. The highest BCUT2D eigenvalue weighted by Gasteiger charge is 2.22. The van der Waals surface area contributed by atoms with Crippen LogP contribution in [0.3, 0.4) is 0 Å². The van der Waals surface area contributed by atoms with Gasteiger partial charge < -0.3 is 9.84 Å². The zero-order valence-corrected chi connectivity index (χ0v) is 12.1. The highest BCUT2D eigenvalue weighted by Crippen LogP contribution is 2.29. The second-order valence-corrected chi connectivity index (χ2v) is 5.56. The van der Waals surface area contributed by atoms with E-state index in [-0.39, 0.29) is 18.4 Å². The topological polar surface area (TPSA) is 51.0 Å². The summed E-state index contributed by atoms with van der Waals surface area (Å²) < 4.78 is 6.33. The molecule has 0 bridgehead atoms. The summed E-state index contributed by atoms with van der Waals surface area (Å²) >= 11 is 5.02. The van der Waals surface area contributed by atoms with E-state index < -0.39 is 0 Å². The van der Waals surface area contributed by atoms with E-state index in [9.17, 15) is 0 Å². The molecule has 0 aromatic carbocycles. The van der Waals surface area contributed by atoms with Crippen LogP contribution in [0.5, 0.6) is 0 Å². The smallest absolute Gasteiger partial charge is 0.244 e. The van der Waals surface area contributed by atoms with E-state index in [2.05, 4.69) is 31.4 Å². The lowest BCUT2D eigenvalue weighted by atomic mass is 10.2. The average Bonchev–Trinajstić information content (AvgIpc) is 2.97. The first-order chi connectivity index (χ1) is 7.83. The summed E-state index contributed by atoms with van der Waals surface area (Å²) in [5.74, 6) is 1.39. The third-order valence-electron chi connectivity index (χ3n) is 2.59. The van der Waals surface area contributed by atoms with Crippen molar-refractivity contribution < 1.29 is 4.52 Å². The van der Waals surface area contributed by atoms with Gasteiger partial charge >= 0.3 is 0 Å². The first-order valence-electron chi connectivity index (χ1n) is 5.14. The molecule has 1 atom stereocenters. The van der Waals surface area contributed by atoms with Gasteiger partial charge in [-0.3, -0.25) is 0 Å². The highest BCUT2D eigenvalue weighted by atomic mass is 79.9. The molecule has 17 heavy (non-hydrogen) atoms. The molecule has 0 unspecified atom stereocenters. The molecule has 1 aliphatic rings. The molecular formula is C10H11BrClN3OS. The van der Waals surface area contributed by atoms with Gasteiger partial charge in [-0.25, -0.2) is 0 Å². The van der Waals surface area contributed by atoms with Crippen molar-refractivity contribution in [3.8, 4) is 10.7 Å². The van der Waals surface area contributed by atoms with Crippen molar-refractivity contribution in [2.75, 3.05) is 6.54 Å². The standard InChI is InChI=1S/C10H10BrN3OS.ClH/c11-6-4-8(16-5-6)9-13-10(15-14-9)7-2-1-3-12-7;/h4-5,7,12H,1-3H2;1H/t7-;/m0./s1. The number of hydrogen-bond donors (Lipinski definition) is 1. The zero-order valence-electron chi connectivity index (χ0n) is 8.85. The van der Waals surface area contributed by atoms with Gasteiger partial charge in [0, 0.05) is 9.85 Å². The molecule has 0 saturated carbocycles. The van der Waals surface area contributed by atoms with E-state index in [4.69, 9.17) is 4.52 Å². The van der Waals surface area contributed by atoms with Crippen LogP contribution in [0.2, 0.25) is 0 Å². The summed E-state index contributed by atoms with van der Waals surface area (Å²) in [5, 5.41) is 9.36. The Balaban J connectivity index is 0.00000108. The van der Waals surface area contributed by atoms with Crippen molar-refractivity contribution in [1.29, 1.82) is 0 Å². The van der Waals surface area contributed by atoms with Crippen LogP contribution in [0.4, 0.5) is 0 Å². The summed E-state index contributed by atoms with van der Waals surface area (Å²) in [6, 6.07) is 2.24. The van der Waals surface area contributed by atoms with Crippen molar-refractivity contribution in [3.05, 3.63) is 21.8 Å². The van der Waals surface area contributed by atoms with Crippen LogP contribution in [-0.4, -0.2) is 16.7 Å². The van der Waals surface area contributed by atoms with Crippen LogP contribution in [0.15, 0.2) is 20.4 Å². The zero-order chi connectivity index (χ0) is 11.0. The van der Waals surface area contributed by atoms with Gasteiger partial charge in [0.1, 0.15) is 0 Å². The van der Waals surface area contributed by atoms with Crippen LogP contribution < -0.4 is 5.32 Å². The Morgan fingerprint density at radius 3 is 3.06 bits per heavy atom. The monoisotopic (exact) mass is 335 g/mol. The summed E-state index contributed by atoms with van der Waals surface area (Å²) in [6.07, 6.45) is 2.25. The summed E-state index contributed by atoms with van der Waals surface area (Å²) in [4.78, 5) is 5.45. The molecule has 1 N–H and O–H groups in total. The maximum absolute atomic E-state index is 5.28. The van der Waals surface area contributed by atoms with Gasteiger partial charge in [0.25, 0.3) is 0 Å². The van der Waals surface area contributed by atoms with Gasteiger partial charge in [0.15, 0.2) is 0 Å². The van der Waals surface area contributed by atoms with Crippen molar-refractivity contribution in [2.45, 2.75) is 18.9 Å². The Labute approximate surface area is 117 Å².